The first kappa shape index (κ1) is 12.7. The molecule has 3 nitrogen and oxygen atoms in total. The highest BCUT2D eigenvalue weighted by Gasteiger charge is 2.35. The molecule has 0 bridgehead atoms. The Bertz CT molecular complexity index is 161. The summed E-state index contributed by atoms with van der Waals surface area (Å²) in [5.41, 5.74) is -1.50. The van der Waals surface area contributed by atoms with E-state index in [1.807, 2.05) is 13.8 Å². The molecule has 13 heavy (non-hydrogen) atoms. The van der Waals surface area contributed by atoms with Gasteiger partial charge in [-0.25, -0.2) is 0 Å². The summed E-state index contributed by atoms with van der Waals surface area (Å²) in [6, 6.07) is 0. The van der Waals surface area contributed by atoms with Crippen molar-refractivity contribution in [1.29, 1.82) is 0 Å². The van der Waals surface area contributed by atoms with Crippen molar-refractivity contribution >= 4 is 7.69 Å². The molecule has 4 heteroatoms. The fourth-order valence-corrected chi connectivity index (χ4v) is 0.497. The van der Waals surface area contributed by atoms with Gasteiger partial charge in [0, 0.05) is 6.61 Å². The van der Waals surface area contributed by atoms with Crippen molar-refractivity contribution in [1.82, 2.24) is 0 Å². The quantitative estimate of drug-likeness (QED) is 0.382. The molecule has 0 amide bonds. The Morgan fingerprint density at radius 3 is 2.31 bits per heavy atom. The molecular weight excluding hydrogens is 167 g/mol. The lowest BCUT2D eigenvalue weighted by atomic mass is 9.89. The average Bonchev–Trinajstić information content (AvgIpc) is 1.96. The lowest BCUT2D eigenvalue weighted by molar-refractivity contribution is -0.0973. The van der Waals surface area contributed by atoms with Gasteiger partial charge in [-0.05, 0) is 27.7 Å². The van der Waals surface area contributed by atoms with E-state index < -0.39 is 11.2 Å². The fourth-order valence-electron chi connectivity index (χ4n) is 0.497. The Kier molecular flexibility index (Phi) is 4.68. The van der Waals surface area contributed by atoms with Crippen LogP contribution < -0.4 is 0 Å². The maximum Gasteiger partial charge on any atom is 0.438 e. The lowest BCUT2D eigenvalue weighted by Crippen LogP contribution is -2.48. The Labute approximate surface area is 81.0 Å². The highest BCUT2D eigenvalue weighted by Crippen LogP contribution is 2.24. The van der Waals surface area contributed by atoms with Crippen molar-refractivity contribution in [3.8, 4) is 0 Å². The molecule has 0 saturated heterocycles. The number of hydrogen-bond acceptors (Lipinski definition) is 3. The Morgan fingerprint density at radius 1 is 1.38 bits per heavy atom. The zero-order chi connectivity index (χ0) is 10.5. The zero-order valence-corrected chi connectivity index (χ0v) is 8.96. The van der Waals surface area contributed by atoms with E-state index in [0.717, 1.165) is 0 Å². The van der Waals surface area contributed by atoms with E-state index in [-0.39, 0.29) is 7.69 Å². The molecule has 0 saturated carbocycles. The second-order valence-corrected chi connectivity index (χ2v) is 3.99. The lowest BCUT2D eigenvalue weighted by Gasteiger charge is -2.37. The molecule has 0 aromatic heterocycles. The molecule has 0 heterocycles. The predicted octanol–water partition coefficient (Wildman–Crippen LogP) is 1.02. The highest BCUT2D eigenvalue weighted by molar-refractivity contribution is 6.18. The normalized spacial score (nSPS) is 12.7. The van der Waals surface area contributed by atoms with E-state index in [1.54, 1.807) is 19.9 Å². The van der Waals surface area contributed by atoms with Gasteiger partial charge in [-0.1, -0.05) is 6.08 Å². The second-order valence-electron chi connectivity index (χ2n) is 3.99. The summed E-state index contributed by atoms with van der Waals surface area (Å²) in [6.45, 7) is 11.0. The van der Waals surface area contributed by atoms with Gasteiger partial charge in [0.2, 0.25) is 0 Å². The average molecular weight is 186 g/mol. The third-order valence-corrected chi connectivity index (χ3v) is 2.21. The van der Waals surface area contributed by atoms with Gasteiger partial charge in [0.25, 0.3) is 0 Å². The molecule has 0 aliphatic carbocycles. The maximum atomic E-state index is 9.70. The summed E-state index contributed by atoms with van der Waals surface area (Å²) >= 11 is 0. The van der Waals surface area contributed by atoms with E-state index in [4.69, 9.17) is 9.31 Å². The van der Waals surface area contributed by atoms with Crippen LogP contribution in [0.3, 0.4) is 0 Å². The van der Waals surface area contributed by atoms with Crippen LogP contribution in [0.4, 0.5) is 0 Å². The molecule has 0 rings (SSSR count). The smallest absolute Gasteiger partial charge is 0.410 e. The maximum absolute atomic E-state index is 9.70. The number of aliphatic hydroxyl groups is 1. The van der Waals surface area contributed by atoms with Crippen molar-refractivity contribution in [3.63, 3.8) is 0 Å². The van der Waals surface area contributed by atoms with E-state index in [2.05, 4.69) is 6.58 Å². The van der Waals surface area contributed by atoms with Crippen LogP contribution in [0.25, 0.3) is 0 Å². The van der Waals surface area contributed by atoms with Gasteiger partial charge in [0.15, 0.2) is 0 Å². The Hall–Kier alpha value is -0.315. The first-order valence-corrected chi connectivity index (χ1v) is 4.36. The largest absolute Gasteiger partial charge is 0.438 e. The van der Waals surface area contributed by atoms with Crippen LogP contribution in [0.1, 0.15) is 27.7 Å². The van der Waals surface area contributed by atoms with Gasteiger partial charge in [-0.15, -0.1) is 6.58 Å². The molecule has 76 valence electrons. The predicted molar refractivity (Wildman–Crippen MR) is 54.8 cm³/mol. The molecule has 0 unspecified atom stereocenters. The van der Waals surface area contributed by atoms with Crippen molar-refractivity contribution in [2.24, 2.45) is 0 Å². The summed E-state index contributed by atoms with van der Waals surface area (Å²) < 4.78 is 10.4. The van der Waals surface area contributed by atoms with Crippen molar-refractivity contribution in [2.45, 2.75) is 38.9 Å². The molecule has 0 fully saturated rings. The van der Waals surface area contributed by atoms with Crippen LogP contribution in [0.2, 0.25) is 0 Å². The summed E-state index contributed by atoms with van der Waals surface area (Å²) in [5, 5.41) is 9.70. The zero-order valence-electron chi connectivity index (χ0n) is 8.96. The minimum Gasteiger partial charge on any atom is -0.410 e. The van der Waals surface area contributed by atoms with Gasteiger partial charge in [0.05, 0.1) is 11.2 Å². The second kappa shape index (κ2) is 4.79. The highest BCUT2D eigenvalue weighted by atomic mass is 16.6. The summed E-state index contributed by atoms with van der Waals surface area (Å²) in [7, 11) is 0.170. The molecule has 0 aromatic carbocycles. The molecule has 0 aromatic rings. The SMILES string of the molecule is C=CCOBOC(C)(C)C(C)(C)O. The molecular formula is C9H19BO3. The third-order valence-electron chi connectivity index (χ3n) is 2.21. The van der Waals surface area contributed by atoms with Crippen LogP contribution in [-0.4, -0.2) is 30.6 Å². The molecule has 0 radical (unpaired) electrons. The van der Waals surface area contributed by atoms with Gasteiger partial charge in [-0.3, -0.25) is 0 Å². The van der Waals surface area contributed by atoms with Crippen LogP contribution in [-0.2, 0) is 9.31 Å². The third kappa shape index (κ3) is 4.46. The van der Waals surface area contributed by atoms with E-state index in [0.29, 0.717) is 6.61 Å². The first-order valence-electron chi connectivity index (χ1n) is 4.36. The number of rotatable bonds is 6. The first-order chi connectivity index (χ1) is 5.81. The van der Waals surface area contributed by atoms with E-state index in [9.17, 15) is 5.11 Å². The molecule has 0 aliphatic rings. The van der Waals surface area contributed by atoms with Crippen LogP contribution >= 0.6 is 0 Å². The van der Waals surface area contributed by atoms with Gasteiger partial charge < -0.3 is 14.4 Å². The van der Waals surface area contributed by atoms with E-state index >= 15 is 0 Å². The number of hydrogen-bond donors (Lipinski definition) is 1. The Balaban J connectivity index is 3.83. The summed E-state index contributed by atoms with van der Waals surface area (Å²) in [4.78, 5) is 0. The van der Waals surface area contributed by atoms with Gasteiger partial charge in [-0.2, -0.15) is 0 Å². The summed E-state index contributed by atoms with van der Waals surface area (Å²) in [5.74, 6) is 0. The topological polar surface area (TPSA) is 38.7 Å². The molecule has 1 N–H and O–H groups in total. The van der Waals surface area contributed by atoms with Crippen LogP contribution in [0.5, 0.6) is 0 Å². The van der Waals surface area contributed by atoms with Crippen molar-refractivity contribution in [2.75, 3.05) is 6.61 Å². The minimum absolute atomic E-state index is 0.170. The van der Waals surface area contributed by atoms with Crippen molar-refractivity contribution in [3.05, 3.63) is 12.7 Å². The monoisotopic (exact) mass is 186 g/mol. The standard InChI is InChI=1S/C9H19BO3/c1-6-7-12-10-13-9(4,5)8(2,3)11/h6,10-11H,1,7H2,2-5H3. The minimum atomic E-state index is -0.884. The molecule has 0 spiro atoms. The Morgan fingerprint density at radius 2 is 1.92 bits per heavy atom. The van der Waals surface area contributed by atoms with Crippen molar-refractivity contribution < 1.29 is 14.4 Å². The molecule has 0 atom stereocenters. The molecule has 0 aliphatic heterocycles. The van der Waals surface area contributed by atoms with E-state index in [1.165, 1.54) is 0 Å². The van der Waals surface area contributed by atoms with Crippen LogP contribution in [0.15, 0.2) is 12.7 Å². The summed E-state index contributed by atoms with van der Waals surface area (Å²) in [6.07, 6.45) is 1.65. The van der Waals surface area contributed by atoms with Gasteiger partial charge >= 0.3 is 7.69 Å². The van der Waals surface area contributed by atoms with Crippen LogP contribution in [0, 0.1) is 0 Å². The fraction of sp³-hybridized carbons (Fsp3) is 0.778. The van der Waals surface area contributed by atoms with Gasteiger partial charge in [0.1, 0.15) is 0 Å².